The summed E-state index contributed by atoms with van der Waals surface area (Å²) < 4.78 is 7.67. The molecule has 20 heavy (non-hydrogen) atoms. The predicted molar refractivity (Wildman–Crippen MR) is 74.2 cm³/mol. The van der Waals surface area contributed by atoms with Crippen LogP contribution in [0.4, 0.5) is 0 Å². The molecule has 2 aliphatic rings. The van der Waals surface area contributed by atoms with Gasteiger partial charge in [-0.1, -0.05) is 0 Å². The Kier molecular flexibility index (Phi) is 4.32. The molecule has 0 aliphatic carbocycles. The number of amides is 1. The molecule has 0 radical (unpaired) electrons. The number of carbonyl (C=O) groups excluding carboxylic acids is 1. The Morgan fingerprint density at radius 3 is 3.00 bits per heavy atom. The highest BCUT2D eigenvalue weighted by atomic mass is 16.5. The summed E-state index contributed by atoms with van der Waals surface area (Å²) in [6.45, 7) is 4.53. The molecular weight excluding hydrogens is 256 g/mol. The SMILES string of the molecule is O=C(Cn1cncc1C1CNCCO1)N1CCCCC1. The molecule has 3 heterocycles. The van der Waals surface area contributed by atoms with Crippen LogP contribution in [0.5, 0.6) is 0 Å². The van der Waals surface area contributed by atoms with Crippen molar-refractivity contribution in [3.8, 4) is 0 Å². The second-order valence-corrected chi connectivity index (χ2v) is 5.45. The van der Waals surface area contributed by atoms with Gasteiger partial charge in [-0.2, -0.15) is 0 Å². The predicted octanol–water partition coefficient (Wildman–Crippen LogP) is 0.556. The van der Waals surface area contributed by atoms with Crippen LogP contribution in [0.3, 0.4) is 0 Å². The molecule has 1 unspecified atom stereocenters. The summed E-state index contributed by atoms with van der Waals surface area (Å²) in [5.74, 6) is 0.188. The molecular formula is C14H22N4O2. The standard InChI is InChI=1S/C14H22N4O2/c19-14(17-5-2-1-3-6-17)10-18-11-16-8-12(18)13-9-15-4-7-20-13/h8,11,13,15H,1-7,9-10H2. The van der Waals surface area contributed by atoms with Crippen LogP contribution in [0.1, 0.15) is 31.1 Å². The lowest BCUT2D eigenvalue weighted by atomic mass is 10.1. The van der Waals surface area contributed by atoms with E-state index in [0.717, 1.165) is 44.7 Å². The van der Waals surface area contributed by atoms with Crippen LogP contribution in [0, 0.1) is 0 Å². The van der Waals surface area contributed by atoms with E-state index in [1.165, 1.54) is 6.42 Å². The van der Waals surface area contributed by atoms with E-state index in [1.54, 1.807) is 12.5 Å². The molecule has 1 aromatic heterocycles. The number of imidazole rings is 1. The van der Waals surface area contributed by atoms with Gasteiger partial charge in [-0.25, -0.2) is 4.98 Å². The van der Waals surface area contributed by atoms with Gasteiger partial charge >= 0.3 is 0 Å². The van der Waals surface area contributed by atoms with Gasteiger partial charge in [0.15, 0.2) is 0 Å². The molecule has 2 saturated heterocycles. The van der Waals surface area contributed by atoms with Crippen LogP contribution in [-0.4, -0.2) is 53.1 Å². The van der Waals surface area contributed by atoms with Crippen LogP contribution in [-0.2, 0) is 16.1 Å². The number of rotatable bonds is 3. The van der Waals surface area contributed by atoms with Crippen LogP contribution < -0.4 is 5.32 Å². The number of carbonyl (C=O) groups is 1. The number of ether oxygens (including phenoxy) is 1. The molecule has 0 bridgehead atoms. The Hall–Kier alpha value is -1.40. The Balaban J connectivity index is 1.65. The average Bonchev–Trinajstić information content (AvgIpc) is 2.97. The zero-order valence-electron chi connectivity index (χ0n) is 11.8. The molecule has 110 valence electrons. The van der Waals surface area contributed by atoms with Crippen LogP contribution >= 0.6 is 0 Å². The van der Waals surface area contributed by atoms with Crippen molar-refractivity contribution in [3.05, 3.63) is 18.2 Å². The number of nitrogens with zero attached hydrogens (tertiary/aromatic N) is 3. The third-order valence-electron chi connectivity index (χ3n) is 4.02. The molecule has 0 aromatic carbocycles. The van der Waals surface area contributed by atoms with Crippen LogP contribution in [0.15, 0.2) is 12.5 Å². The largest absolute Gasteiger partial charge is 0.369 e. The fourth-order valence-electron chi connectivity index (χ4n) is 2.88. The van der Waals surface area contributed by atoms with Crippen molar-refractivity contribution in [3.63, 3.8) is 0 Å². The van der Waals surface area contributed by atoms with Crippen molar-refractivity contribution < 1.29 is 9.53 Å². The fourth-order valence-corrected chi connectivity index (χ4v) is 2.88. The molecule has 1 atom stereocenters. The fraction of sp³-hybridized carbons (Fsp3) is 0.714. The van der Waals surface area contributed by atoms with Crippen molar-refractivity contribution in [1.29, 1.82) is 0 Å². The lowest BCUT2D eigenvalue weighted by molar-refractivity contribution is -0.132. The van der Waals surface area contributed by atoms with Gasteiger partial charge in [-0.3, -0.25) is 4.79 Å². The van der Waals surface area contributed by atoms with Gasteiger partial charge in [0.25, 0.3) is 0 Å². The molecule has 1 amide bonds. The summed E-state index contributed by atoms with van der Waals surface area (Å²) in [5.41, 5.74) is 0.988. The van der Waals surface area contributed by atoms with E-state index in [9.17, 15) is 4.79 Å². The van der Waals surface area contributed by atoms with Gasteiger partial charge in [0.1, 0.15) is 12.6 Å². The number of nitrogens with one attached hydrogen (secondary N) is 1. The number of hydrogen-bond donors (Lipinski definition) is 1. The maximum absolute atomic E-state index is 12.3. The average molecular weight is 278 g/mol. The minimum absolute atomic E-state index is 0.000376. The van der Waals surface area contributed by atoms with Gasteiger partial charge in [0.2, 0.25) is 5.91 Å². The first-order valence-corrected chi connectivity index (χ1v) is 7.45. The number of aromatic nitrogens is 2. The zero-order valence-corrected chi connectivity index (χ0v) is 11.8. The van der Waals surface area contributed by atoms with E-state index in [0.29, 0.717) is 13.2 Å². The van der Waals surface area contributed by atoms with Gasteiger partial charge in [0.05, 0.1) is 24.8 Å². The Bertz CT molecular complexity index is 448. The van der Waals surface area contributed by atoms with E-state index in [-0.39, 0.29) is 12.0 Å². The molecule has 1 N–H and O–H groups in total. The highest BCUT2D eigenvalue weighted by Gasteiger charge is 2.22. The van der Waals surface area contributed by atoms with E-state index >= 15 is 0 Å². The normalized spacial score (nSPS) is 23.8. The number of hydrogen-bond acceptors (Lipinski definition) is 4. The molecule has 3 rings (SSSR count). The van der Waals surface area contributed by atoms with Crippen LogP contribution in [0.2, 0.25) is 0 Å². The quantitative estimate of drug-likeness (QED) is 0.877. The van der Waals surface area contributed by atoms with Crippen molar-refractivity contribution in [2.24, 2.45) is 0 Å². The summed E-state index contributed by atoms with van der Waals surface area (Å²) in [5, 5.41) is 3.31. The van der Waals surface area contributed by atoms with Gasteiger partial charge < -0.3 is 19.5 Å². The highest BCUT2D eigenvalue weighted by molar-refractivity contribution is 5.76. The number of likely N-dealkylation sites (tertiary alicyclic amines) is 1. The third kappa shape index (κ3) is 3.02. The number of piperidine rings is 1. The first-order chi connectivity index (χ1) is 9.84. The zero-order chi connectivity index (χ0) is 13.8. The van der Waals surface area contributed by atoms with Gasteiger partial charge in [-0.05, 0) is 19.3 Å². The van der Waals surface area contributed by atoms with Crippen molar-refractivity contribution in [2.45, 2.75) is 31.9 Å². The van der Waals surface area contributed by atoms with Crippen molar-refractivity contribution in [2.75, 3.05) is 32.8 Å². The maximum atomic E-state index is 12.3. The van der Waals surface area contributed by atoms with E-state index < -0.39 is 0 Å². The second kappa shape index (κ2) is 6.37. The Morgan fingerprint density at radius 2 is 2.25 bits per heavy atom. The number of morpholine rings is 1. The molecule has 1 aromatic rings. The third-order valence-corrected chi connectivity index (χ3v) is 4.02. The van der Waals surface area contributed by atoms with Crippen LogP contribution in [0.25, 0.3) is 0 Å². The minimum Gasteiger partial charge on any atom is -0.369 e. The first kappa shape index (κ1) is 13.6. The monoisotopic (exact) mass is 278 g/mol. The first-order valence-electron chi connectivity index (χ1n) is 7.45. The van der Waals surface area contributed by atoms with E-state index in [1.807, 2.05) is 9.47 Å². The Morgan fingerprint density at radius 1 is 1.40 bits per heavy atom. The summed E-state index contributed by atoms with van der Waals surface area (Å²) in [6, 6.07) is 0. The van der Waals surface area contributed by atoms with Crippen molar-refractivity contribution in [1.82, 2.24) is 19.8 Å². The maximum Gasteiger partial charge on any atom is 0.242 e. The van der Waals surface area contributed by atoms with Gasteiger partial charge in [-0.15, -0.1) is 0 Å². The minimum atomic E-state index is 0.000376. The van der Waals surface area contributed by atoms with E-state index in [2.05, 4.69) is 10.3 Å². The topological polar surface area (TPSA) is 59.4 Å². The molecule has 0 saturated carbocycles. The highest BCUT2D eigenvalue weighted by Crippen LogP contribution is 2.19. The lowest BCUT2D eigenvalue weighted by Gasteiger charge is -2.28. The summed E-state index contributed by atoms with van der Waals surface area (Å²) in [6.07, 6.45) is 7.02. The van der Waals surface area contributed by atoms with Crippen molar-refractivity contribution >= 4 is 5.91 Å². The Labute approximate surface area is 119 Å². The smallest absolute Gasteiger partial charge is 0.242 e. The molecule has 2 fully saturated rings. The lowest BCUT2D eigenvalue weighted by Crippen LogP contribution is -2.39. The summed E-state index contributed by atoms with van der Waals surface area (Å²) in [4.78, 5) is 18.5. The molecule has 6 heteroatoms. The second-order valence-electron chi connectivity index (χ2n) is 5.45. The summed E-state index contributed by atoms with van der Waals surface area (Å²) >= 11 is 0. The molecule has 6 nitrogen and oxygen atoms in total. The van der Waals surface area contributed by atoms with Gasteiger partial charge in [0, 0.05) is 26.2 Å². The van der Waals surface area contributed by atoms with E-state index in [4.69, 9.17) is 4.74 Å². The summed E-state index contributed by atoms with van der Waals surface area (Å²) in [7, 11) is 0. The molecule has 0 spiro atoms. The molecule has 2 aliphatic heterocycles.